The van der Waals surface area contributed by atoms with Crippen molar-refractivity contribution >= 4 is 23.1 Å². The number of rotatable bonds is 12. The van der Waals surface area contributed by atoms with E-state index < -0.39 is 6.10 Å². The van der Waals surface area contributed by atoms with Gasteiger partial charge in [-0.2, -0.15) is 0 Å². The predicted molar refractivity (Wildman–Crippen MR) is 182 cm³/mol. The quantitative estimate of drug-likeness (QED) is 0.252. The Balaban J connectivity index is 1.02. The molecule has 3 aliphatic rings. The summed E-state index contributed by atoms with van der Waals surface area (Å²) in [5.74, 6) is 1.74. The minimum atomic E-state index is -0.581. The van der Waals surface area contributed by atoms with Crippen molar-refractivity contribution in [2.45, 2.75) is 90.5 Å². The van der Waals surface area contributed by atoms with Gasteiger partial charge in [-0.05, 0) is 93.3 Å². The number of aliphatic hydroxyl groups excluding tert-OH is 1. The highest BCUT2D eigenvalue weighted by Gasteiger charge is 2.23. The summed E-state index contributed by atoms with van der Waals surface area (Å²) in [4.78, 5) is 36.0. The van der Waals surface area contributed by atoms with Crippen LogP contribution in [-0.2, 0) is 24.4 Å². The summed E-state index contributed by atoms with van der Waals surface area (Å²) in [6.07, 6.45) is 7.82. The molecular formula is C37H49N5O5. The fraction of sp³-hybridized carbons (Fsp3) is 0.541. The molecule has 0 spiro atoms. The van der Waals surface area contributed by atoms with E-state index in [4.69, 9.17) is 9.15 Å². The maximum Gasteiger partial charge on any atom is 0.219 e. The Hall–Kier alpha value is -3.89. The monoisotopic (exact) mass is 643 g/mol. The van der Waals surface area contributed by atoms with Gasteiger partial charge in [-0.25, -0.2) is 4.98 Å². The summed E-state index contributed by atoms with van der Waals surface area (Å²) < 4.78 is 11.3. The zero-order valence-electron chi connectivity index (χ0n) is 27.9. The van der Waals surface area contributed by atoms with Crippen molar-refractivity contribution in [2.75, 3.05) is 49.5 Å². The Kier molecular flexibility index (Phi) is 10.8. The van der Waals surface area contributed by atoms with Gasteiger partial charge in [-0.1, -0.05) is 6.07 Å². The molecule has 6 rings (SSSR count). The molecular weight excluding hydrogens is 594 g/mol. The number of aromatic nitrogens is 1. The molecule has 3 aromatic rings. The lowest BCUT2D eigenvalue weighted by Gasteiger charge is -2.33. The van der Waals surface area contributed by atoms with Crippen LogP contribution in [0.15, 0.2) is 47.2 Å². The molecule has 1 aromatic heterocycles. The van der Waals surface area contributed by atoms with Crippen molar-refractivity contribution in [3.63, 3.8) is 0 Å². The van der Waals surface area contributed by atoms with Crippen molar-refractivity contribution in [1.29, 1.82) is 0 Å². The zero-order valence-corrected chi connectivity index (χ0v) is 27.9. The van der Waals surface area contributed by atoms with Gasteiger partial charge >= 0.3 is 0 Å². The van der Waals surface area contributed by atoms with Crippen molar-refractivity contribution in [3.05, 3.63) is 70.9 Å². The topological polar surface area (TPSA) is 111 Å². The van der Waals surface area contributed by atoms with Crippen molar-refractivity contribution in [3.8, 4) is 5.75 Å². The minimum absolute atomic E-state index is 0.0643. The molecule has 0 bridgehead atoms. The molecule has 0 saturated carbocycles. The fourth-order valence-corrected chi connectivity index (χ4v) is 7.04. The number of ketones is 1. The second kappa shape index (κ2) is 15.3. The van der Waals surface area contributed by atoms with Gasteiger partial charge in [-0.3, -0.25) is 14.5 Å². The normalized spacial score (nSPS) is 18.1. The van der Waals surface area contributed by atoms with Crippen molar-refractivity contribution in [1.82, 2.24) is 14.8 Å². The average molecular weight is 644 g/mol. The lowest BCUT2D eigenvalue weighted by molar-refractivity contribution is -0.129. The molecule has 2 saturated heterocycles. The number of aliphatic hydroxyl groups is 1. The third kappa shape index (κ3) is 8.73. The van der Waals surface area contributed by atoms with E-state index in [2.05, 4.69) is 38.3 Å². The molecule has 4 heterocycles. The van der Waals surface area contributed by atoms with E-state index in [1.807, 2.05) is 30.0 Å². The van der Waals surface area contributed by atoms with Crippen LogP contribution in [0, 0.1) is 6.92 Å². The highest BCUT2D eigenvalue weighted by Crippen LogP contribution is 2.29. The summed E-state index contributed by atoms with van der Waals surface area (Å²) in [7, 11) is 0. The van der Waals surface area contributed by atoms with Crippen LogP contribution < -0.4 is 15.0 Å². The molecule has 1 atom stereocenters. The van der Waals surface area contributed by atoms with Crippen molar-refractivity contribution in [2.24, 2.45) is 0 Å². The number of hydrogen-bond acceptors (Lipinski definition) is 9. The Morgan fingerprint density at radius 2 is 1.85 bits per heavy atom. The van der Waals surface area contributed by atoms with E-state index in [9.17, 15) is 14.7 Å². The highest BCUT2D eigenvalue weighted by molar-refractivity contribution is 5.98. The van der Waals surface area contributed by atoms with Crippen LogP contribution in [0.25, 0.3) is 0 Å². The number of fused-ring (bicyclic) bond motifs is 1. The Morgan fingerprint density at radius 3 is 2.60 bits per heavy atom. The molecule has 47 heavy (non-hydrogen) atoms. The van der Waals surface area contributed by atoms with Gasteiger partial charge in [0.2, 0.25) is 5.91 Å². The molecule has 2 fully saturated rings. The number of hydrogen-bond donors (Lipinski definition) is 2. The standard InChI is InChI=1S/C37H49N5O5/c1-26-37(47-25-38-26)24-46-35-8-6-29-22-40(15-10-28(29)20-35)23-34(44)7-9-36(45)30-18-32(21-33(19-30)42-13-4-3-5-14-42)39-31-11-16-41(17-12-31)27(2)43/h6,8,18-21,25,31,34,39,44H,3-5,7,9-17,22-24H2,1-2H3/t34-/m0/s1. The molecule has 0 unspecified atom stereocenters. The number of benzene rings is 2. The van der Waals surface area contributed by atoms with Gasteiger partial charge in [0.15, 0.2) is 17.9 Å². The molecule has 3 aliphatic heterocycles. The van der Waals surface area contributed by atoms with Crippen LogP contribution in [0.3, 0.4) is 0 Å². The maximum absolute atomic E-state index is 13.5. The lowest BCUT2D eigenvalue weighted by Crippen LogP contribution is -2.41. The highest BCUT2D eigenvalue weighted by atomic mass is 16.5. The van der Waals surface area contributed by atoms with E-state index in [0.717, 1.165) is 100.0 Å². The van der Waals surface area contributed by atoms with Crippen LogP contribution in [0.4, 0.5) is 11.4 Å². The SMILES string of the molecule is CC(=O)N1CCC(Nc2cc(C(=O)CC[C@H](O)CN3CCc4cc(OCc5ocnc5C)ccc4C3)cc(N3CCCCC3)c2)CC1. The van der Waals surface area contributed by atoms with E-state index in [-0.39, 0.29) is 17.7 Å². The van der Waals surface area contributed by atoms with Crippen molar-refractivity contribution < 1.29 is 23.8 Å². The predicted octanol–water partition coefficient (Wildman–Crippen LogP) is 5.36. The number of likely N-dealkylation sites (tertiary alicyclic amines) is 1. The summed E-state index contributed by atoms with van der Waals surface area (Å²) in [6.45, 7) is 9.55. The number of amides is 1. The van der Waals surface area contributed by atoms with E-state index in [0.29, 0.717) is 31.6 Å². The number of carbonyl (C=O) groups excluding carboxylic acids is 2. The van der Waals surface area contributed by atoms with Gasteiger partial charge in [-0.15, -0.1) is 0 Å². The molecule has 0 radical (unpaired) electrons. The van der Waals surface area contributed by atoms with Gasteiger partial charge in [0.05, 0.1) is 11.8 Å². The maximum atomic E-state index is 13.5. The molecule has 1 amide bonds. The number of piperidine rings is 2. The number of aryl methyl sites for hydroxylation is 1. The zero-order chi connectivity index (χ0) is 32.8. The Labute approximate surface area is 278 Å². The first-order valence-corrected chi connectivity index (χ1v) is 17.3. The first kappa shape index (κ1) is 33.0. The largest absolute Gasteiger partial charge is 0.486 e. The average Bonchev–Trinajstić information content (AvgIpc) is 3.50. The number of β-amino-alcohol motifs (C(OH)–C–C–N with tert-alkyl or cyclic N) is 1. The second-order valence-corrected chi connectivity index (χ2v) is 13.4. The van der Waals surface area contributed by atoms with Gasteiger partial charge in [0.25, 0.3) is 0 Å². The third-order valence-corrected chi connectivity index (χ3v) is 9.93. The number of ether oxygens (including phenoxy) is 1. The van der Waals surface area contributed by atoms with E-state index in [1.54, 1.807) is 6.92 Å². The van der Waals surface area contributed by atoms with Crippen LogP contribution in [0.2, 0.25) is 0 Å². The fourth-order valence-electron chi connectivity index (χ4n) is 7.04. The second-order valence-electron chi connectivity index (χ2n) is 13.4. The molecule has 10 heteroatoms. The molecule has 252 valence electrons. The number of carbonyl (C=O) groups is 2. The molecule has 2 aromatic carbocycles. The first-order valence-electron chi connectivity index (χ1n) is 17.3. The van der Waals surface area contributed by atoms with Crippen LogP contribution in [-0.4, -0.2) is 83.0 Å². The van der Waals surface area contributed by atoms with Gasteiger partial charge in [0.1, 0.15) is 12.4 Å². The number of oxazole rings is 1. The van der Waals surface area contributed by atoms with E-state index in [1.165, 1.54) is 23.9 Å². The number of anilines is 2. The number of nitrogens with zero attached hydrogens (tertiary/aromatic N) is 4. The molecule has 10 nitrogen and oxygen atoms in total. The van der Waals surface area contributed by atoms with Gasteiger partial charge in [0, 0.05) is 82.1 Å². The Bertz CT molecular complexity index is 1530. The summed E-state index contributed by atoms with van der Waals surface area (Å²) in [6, 6.07) is 12.6. The first-order chi connectivity index (χ1) is 22.8. The summed E-state index contributed by atoms with van der Waals surface area (Å²) in [5, 5.41) is 14.7. The number of nitrogens with one attached hydrogen (secondary N) is 1. The number of Topliss-reactive ketones (excluding diaryl/α,β-unsaturated/α-hetero) is 1. The lowest BCUT2D eigenvalue weighted by atomic mass is 9.98. The molecule has 2 N–H and O–H groups in total. The van der Waals surface area contributed by atoms with Crippen LogP contribution in [0.5, 0.6) is 5.75 Å². The third-order valence-electron chi connectivity index (χ3n) is 9.93. The summed E-state index contributed by atoms with van der Waals surface area (Å²) in [5.41, 5.74) is 6.10. The van der Waals surface area contributed by atoms with E-state index >= 15 is 0 Å². The molecule has 0 aliphatic carbocycles. The van der Waals surface area contributed by atoms with Crippen LogP contribution in [0.1, 0.15) is 84.8 Å². The Morgan fingerprint density at radius 1 is 1.04 bits per heavy atom. The minimum Gasteiger partial charge on any atom is -0.486 e. The van der Waals surface area contributed by atoms with Gasteiger partial charge < -0.3 is 29.4 Å². The smallest absolute Gasteiger partial charge is 0.219 e. The van der Waals surface area contributed by atoms with Crippen LogP contribution >= 0.6 is 0 Å². The summed E-state index contributed by atoms with van der Waals surface area (Å²) >= 11 is 0.